The number of benzene rings is 3. The fraction of sp³-hybridized carbons (Fsp3) is 0.172. The molecule has 0 saturated carbocycles. The smallest absolute Gasteiger partial charge is 0.335 e. The summed E-state index contributed by atoms with van der Waals surface area (Å²) in [5.74, 6) is -1.36. The molecular formula is C29H25ClIN3O6. The standard InChI is InChI=1S/C29H25ClIN3O6/c1-15-5-7-19(9-17(15)3)32-25(35)14-40-26-23(31)11-18(12-24(26)39-4)10-21-27(36)33-29(38)34(28(21)37)20-8-6-16(2)22(30)13-20/h5-13H,14H2,1-4H3,(H,32,35)(H,33,36,38)/b21-10+. The number of rotatable bonds is 7. The Hall–Kier alpha value is -3.90. The molecule has 3 aromatic carbocycles. The Balaban J connectivity index is 1.56. The Morgan fingerprint density at radius 3 is 2.42 bits per heavy atom. The number of barbiturate groups is 1. The number of halogens is 2. The highest BCUT2D eigenvalue weighted by molar-refractivity contribution is 14.1. The minimum atomic E-state index is -0.873. The van der Waals surface area contributed by atoms with Crippen molar-refractivity contribution in [2.24, 2.45) is 0 Å². The summed E-state index contributed by atoms with van der Waals surface area (Å²) in [5.41, 5.74) is 4.03. The molecule has 0 radical (unpaired) electrons. The number of urea groups is 1. The van der Waals surface area contributed by atoms with E-state index < -0.39 is 17.8 Å². The van der Waals surface area contributed by atoms with Crippen LogP contribution in [0.15, 0.2) is 54.1 Å². The Kier molecular flexibility index (Phi) is 8.79. The van der Waals surface area contributed by atoms with Crippen molar-refractivity contribution < 1.29 is 28.7 Å². The van der Waals surface area contributed by atoms with Crippen molar-refractivity contribution >= 4 is 75.4 Å². The van der Waals surface area contributed by atoms with Crippen molar-refractivity contribution in [3.8, 4) is 11.5 Å². The highest BCUT2D eigenvalue weighted by Crippen LogP contribution is 2.35. The predicted octanol–water partition coefficient (Wildman–Crippen LogP) is 5.56. The fourth-order valence-electron chi connectivity index (χ4n) is 3.90. The van der Waals surface area contributed by atoms with Crippen LogP contribution in [0.25, 0.3) is 6.08 Å². The molecule has 5 amide bonds. The van der Waals surface area contributed by atoms with Crippen LogP contribution in [-0.4, -0.2) is 37.5 Å². The third kappa shape index (κ3) is 6.28. The van der Waals surface area contributed by atoms with Crippen molar-refractivity contribution in [2.75, 3.05) is 23.9 Å². The molecule has 1 saturated heterocycles. The van der Waals surface area contributed by atoms with Crippen molar-refractivity contribution in [1.29, 1.82) is 0 Å². The fourth-order valence-corrected chi connectivity index (χ4v) is 4.85. The number of nitrogens with zero attached hydrogens (tertiary/aromatic N) is 1. The molecule has 0 spiro atoms. The minimum absolute atomic E-state index is 0.228. The number of hydrogen-bond donors (Lipinski definition) is 2. The molecule has 1 fully saturated rings. The predicted molar refractivity (Wildman–Crippen MR) is 161 cm³/mol. The average Bonchev–Trinajstić information content (AvgIpc) is 2.89. The van der Waals surface area contributed by atoms with Gasteiger partial charge in [-0.2, -0.15) is 0 Å². The van der Waals surface area contributed by atoms with Crippen molar-refractivity contribution in [2.45, 2.75) is 20.8 Å². The van der Waals surface area contributed by atoms with Gasteiger partial charge in [0, 0.05) is 10.7 Å². The number of methoxy groups -OCH3 is 1. The molecule has 9 nitrogen and oxygen atoms in total. The molecule has 3 aromatic rings. The number of amides is 5. The lowest BCUT2D eigenvalue weighted by Gasteiger charge is -2.26. The summed E-state index contributed by atoms with van der Waals surface area (Å²) in [6, 6.07) is 12.7. The van der Waals surface area contributed by atoms with E-state index in [1.165, 1.54) is 19.3 Å². The highest BCUT2D eigenvalue weighted by atomic mass is 127. The van der Waals surface area contributed by atoms with E-state index >= 15 is 0 Å². The topological polar surface area (TPSA) is 114 Å². The number of aryl methyl sites for hydroxylation is 3. The second-order valence-electron chi connectivity index (χ2n) is 9.06. The first-order valence-electron chi connectivity index (χ1n) is 12.0. The lowest BCUT2D eigenvalue weighted by atomic mass is 10.1. The molecule has 1 heterocycles. The second-order valence-corrected chi connectivity index (χ2v) is 10.6. The zero-order valence-electron chi connectivity index (χ0n) is 22.1. The maximum absolute atomic E-state index is 13.3. The zero-order chi connectivity index (χ0) is 29.1. The van der Waals surface area contributed by atoms with Gasteiger partial charge < -0.3 is 14.8 Å². The van der Waals surface area contributed by atoms with E-state index in [1.54, 1.807) is 31.2 Å². The van der Waals surface area contributed by atoms with Gasteiger partial charge in [-0.15, -0.1) is 0 Å². The summed E-state index contributed by atoms with van der Waals surface area (Å²) in [6.45, 7) is 5.48. The number of anilines is 2. The van der Waals surface area contributed by atoms with Crippen LogP contribution in [0.5, 0.6) is 11.5 Å². The van der Waals surface area contributed by atoms with Crippen molar-refractivity contribution in [1.82, 2.24) is 5.32 Å². The molecule has 1 aliphatic rings. The number of carbonyl (C=O) groups is 4. The number of nitrogens with one attached hydrogen (secondary N) is 2. The van der Waals surface area contributed by atoms with Crippen molar-refractivity contribution in [3.63, 3.8) is 0 Å². The summed E-state index contributed by atoms with van der Waals surface area (Å²) < 4.78 is 11.8. The van der Waals surface area contributed by atoms with E-state index in [4.69, 9.17) is 21.1 Å². The minimum Gasteiger partial charge on any atom is -0.493 e. The first-order valence-corrected chi connectivity index (χ1v) is 13.5. The molecule has 206 valence electrons. The van der Waals surface area contributed by atoms with Gasteiger partial charge in [0.2, 0.25) is 0 Å². The van der Waals surface area contributed by atoms with Gasteiger partial charge in [0.05, 0.1) is 16.4 Å². The number of ether oxygens (including phenoxy) is 2. The number of hydrogen-bond acceptors (Lipinski definition) is 6. The molecule has 0 aliphatic carbocycles. The molecule has 40 heavy (non-hydrogen) atoms. The summed E-state index contributed by atoms with van der Waals surface area (Å²) in [4.78, 5) is 51.7. The Labute approximate surface area is 249 Å². The van der Waals surface area contributed by atoms with Gasteiger partial charge in [-0.25, -0.2) is 9.69 Å². The van der Waals surface area contributed by atoms with E-state index in [0.717, 1.165) is 21.6 Å². The highest BCUT2D eigenvalue weighted by Gasteiger charge is 2.37. The maximum Gasteiger partial charge on any atom is 0.335 e. The van der Waals surface area contributed by atoms with E-state index in [2.05, 4.69) is 10.6 Å². The first-order chi connectivity index (χ1) is 19.0. The Morgan fingerprint density at radius 1 is 1.02 bits per heavy atom. The summed E-state index contributed by atoms with van der Waals surface area (Å²) in [7, 11) is 1.43. The van der Waals surface area contributed by atoms with Crippen LogP contribution < -0.4 is 25.0 Å². The molecule has 0 bridgehead atoms. The summed E-state index contributed by atoms with van der Waals surface area (Å²) in [5, 5.41) is 5.36. The van der Waals surface area contributed by atoms with Gasteiger partial charge in [0.1, 0.15) is 5.57 Å². The molecule has 0 aromatic heterocycles. The van der Waals surface area contributed by atoms with Gasteiger partial charge in [0.25, 0.3) is 17.7 Å². The maximum atomic E-state index is 13.3. The molecule has 0 unspecified atom stereocenters. The SMILES string of the molecule is COc1cc(/C=C2\C(=O)NC(=O)N(c3ccc(C)c(Cl)c3)C2=O)cc(I)c1OCC(=O)Nc1ccc(C)c(C)c1. The third-order valence-electron chi connectivity index (χ3n) is 6.22. The number of carbonyl (C=O) groups excluding carboxylic acids is 4. The molecule has 0 atom stereocenters. The van der Waals surface area contributed by atoms with Crippen LogP contribution in [0.2, 0.25) is 5.02 Å². The molecule has 2 N–H and O–H groups in total. The average molecular weight is 674 g/mol. The van der Waals surface area contributed by atoms with E-state index in [0.29, 0.717) is 31.3 Å². The monoisotopic (exact) mass is 673 g/mol. The first kappa shape index (κ1) is 29.1. The van der Waals surface area contributed by atoms with E-state index in [1.807, 2.05) is 54.6 Å². The van der Waals surface area contributed by atoms with Crippen LogP contribution in [-0.2, 0) is 14.4 Å². The molecule has 11 heteroatoms. The lowest BCUT2D eigenvalue weighted by molar-refractivity contribution is -0.122. The Morgan fingerprint density at radius 2 is 1.75 bits per heavy atom. The van der Waals surface area contributed by atoms with Crippen molar-refractivity contribution in [3.05, 3.63) is 85.0 Å². The lowest BCUT2D eigenvalue weighted by Crippen LogP contribution is -2.54. The molecule has 4 rings (SSSR count). The summed E-state index contributed by atoms with van der Waals surface area (Å²) >= 11 is 8.19. The quantitative estimate of drug-likeness (QED) is 0.193. The van der Waals surface area contributed by atoms with Gasteiger partial charge in [-0.3, -0.25) is 19.7 Å². The van der Waals surface area contributed by atoms with Crippen LogP contribution >= 0.6 is 34.2 Å². The molecular weight excluding hydrogens is 649 g/mol. The number of imide groups is 2. The zero-order valence-corrected chi connectivity index (χ0v) is 25.0. The van der Waals surface area contributed by atoms with Gasteiger partial charge >= 0.3 is 6.03 Å². The molecule has 1 aliphatic heterocycles. The van der Waals surface area contributed by atoms with Gasteiger partial charge in [-0.05, 0) is 108 Å². The van der Waals surface area contributed by atoms with Crippen LogP contribution in [0.4, 0.5) is 16.2 Å². The van der Waals surface area contributed by atoms with Gasteiger partial charge in [0.15, 0.2) is 18.1 Å². The summed E-state index contributed by atoms with van der Waals surface area (Å²) in [6.07, 6.45) is 1.35. The van der Waals surface area contributed by atoms with Crippen LogP contribution in [0, 0.1) is 24.3 Å². The van der Waals surface area contributed by atoms with Crippen LogP contribution in [0.1, 0.15) is 22.3 Å². The normalized spacial score (nSPS) is 14.3. The van der Waals surface area contributed by atoms with Gasteiger partial charge in [-0.1, -0.05) is 23.7 Å². The van der Waals surface area contributed by atoms with E-state index in [9.17, 15) is 19.2 Å². The third-order valence-corrected chi connectivity index (χ3v) is 7.42. The Bertz CT molecular complexity index is 1590. The second kappa shape index (κ2) is 12.1. The van der Waals surface area contributed by atoms with E-state index in [-0.39, 0.29) is 23.8 Å². The van der Waals surface area contributed by atoms with Crippen LogP contribution in [0.3, 0.4) is 0 Å². The largest absolute Gasteiger partial charge is 0.493 e.